The molecule has 130 valence electrons. The summed E-state index contributed by atoms with van der Waals surface area (Å²) in [6.07, 6.45) is 5.30. The molecule has 0 unspecified atom stereocenters. The molecule has 1 aromatic carbocycles. The van der Waals surface area contributed by atoms with Gasteiger partial charge in [0.25, 0.3) is 5.91 Å². The van der Waals surface area contributed by atoms with Crippen molar-refractivity contribution in [2.75, 3.05) is 19.6 Å². The molecule has 4 N–H and O–H groups in total. The van der Waals surface area contributed by atoms with Gasteiger partial charge >= 0.3 is 0 Å². The number of amides is 2. The maximum Gasteiger partial charge on any atom is 0.251 e. The first kappa shape index (κ1) is 17.1. The Kier molecular flexibility index (Phi) is 5.40. The smallest absolute Gasteiger partial charge is 0.251 e. The van der Waals surface area contributed by atoms with Crippen LogP contribution in [0.4, 0.5) is 0 Å². The van der Waals surface area contributed by atoms with Crippen molar-refractivity contribution in [3.8, 4) is 11.1 Å². The fourth-order valence-corrected chi connectivity index (χ4v) is 2.97. The number of pyridine rings is 1. The van der Waals surface area contributed by atoms with Gasteiger partial charge in [0.1, 0.15) is 0 Å². The Balaban J connectivity index is 1.64. The third kappa shape index (κ3) is 4.42. The number of nitrogens with one attached hydrogen (secondary N) is 2. The Morgan fingerprint density at radius 2 is 1.80 bits per heavy atom. The molecule has 1 aromatic heterocycles. The van der Waals surface area contributed by atoms with E-state index < -0.39 is 5.91 Å². The van der Waals surface area contributed by atoms with Crippen LogP contribution >= 0.6 is 0 Å². The third-order valence-corrected chi connectivity index (χ3v) is 4.51. The minimum Gasteiger partial charge on any atom is -0.366 e. The van der Waals surface area contributed by atoms with E-state index in [1.807, 2.05) is 12.1 Å². The van der Waals surface area contributed by atoms with Crippen LogP contribution in [0.15, 0.2) is 42.7 Å². The van der Waals surface area contributed by atoms with Gasteiger partial charge in [0.2, 0.25) is 5.91 Å². The second kappa shape index (κ2) is 7.90. The van der Waals surface area contributed by atoms with Crippen LogP contribution < -0.4 is 16.4 Å². The number of benzene rings is 1. The van der Waals surface area contributed by atoms with E-state index in [9.17, 15) is 9.59 Å². The number of nitrogens with two attached hydrogens (primary N) is 1. The normalized spacial score (nSPS) is 14.9. The van der Waals surface area contributed by atoms with E-state index in [4.69, 9.17) is 5.73 Å². The van der Waals surface area contributed by atoms with Crippen molar-refractivity contribution >= 4 is 11.8 Å². The Hall–Kier alpha value is -2.73. The maximum atomic E-state index is 12.3. The highest BCUT2D eigenvalue weighted by molar-refractivity contribution is 5.95. The largest absolute Gasteiger partial charge is 0.366 e. The zero-order chi connectivity index (χ0) is 17.6. The molecule has 0 spiro atoms. The van der Waals surface area contributed by atoms with Crippen LogP contribution in [-0.4, -0.2) is 36.4 Å². The van der Waals surface area contributed by atoms with Gasteiger partial charge in [-0.2, -0.15) is 0 Å². The first-order chi connectivity index (χ1) is 12.1. The summed E-state index contributed by atoms with van der Waals surface area (Å²) in [5, 5.41) is 6.33. The van der Waals surface area contributed by atoms with Gasteiger partial charge in [0.15, 0.2) is 0 Å². The molecule has 0 bridgehead atoms. The lowest BCUT2D eigenvalue weighted by atomic mass is 9.98. The summed E-state index contributed by atoms with van der Waals surface area (Å²) in [5.41, 5.74) is 7.94. The van der Waals surface area contributed by atoms with Gasteiger partial charge in [0.05, 0.1) is 5.56 Å². The molecule has 0 aliphatic carbocycles. The lowest BCUT2D eigenvalue weighted by Gasteiger charge is -2.22. The van der Waals surface area contributed by atoms with E-state index in [1.54, 1.807) is 24.4 Å². The molecule has 1 fully saturated rings. The van der Waals surface area contributed by atoms with Gasteiger partial charge in [-0.25, -0.2) is 0 Å². The number of hydrogen-bond donors (Lipinski definition) is 3. The summed E-state index contributed by atoms with van der Waals surface area (Å²) in [6.45, 7) is 2.76. The summed E-state index contributed by atoms with van der Waals surface area (Å²) in [7, 11) is 0. The van der Waals surface area contributed by atoms with Gasteiger partial charge in [-0.3, -0.25) is 14.6 Å². The zero-order valence-corrected chi connectivity index (χ0v) is 14.0. The molecule has 1 saturated heterocycles. The second-order valence-corrected chi connectivity index (χ2v) is 6.31. The van der Waals surface area contributed by atoms with Crippen LogP contribution in [0.1, 0.15) is 33.6 Å². The minimum absolute atomic E-state index is 0.0610. The number of primary amides is 1. The number of hydrogen-bond acceptors (Lipinski definition) is 4. The van der Waals surface area contributed by atoms with E-state index in [-0.39, 0.29) is 5.91 Å². The summed E-state index contributed by atoms with van der Waals surface area (Å²) in [6, 6.07) is 8.96. The molecular formula is C19H22N4O2. The van der Waals surface area contributed by atoms with Crippen LogP contribution in [0.2, 0.25) is 0 Å². The lowest BCUT2D eigenvalue weighted by molar-refractivity contribution is 0.0943. The maximum absolute atomic E-state index is 12.3. The highest BCUT2D eigenvalue weighted by atomic mass is 16.2. The van der Waals surface area contributed by atoms with Gasteiger partial charge in [-0.15, -0.1) is 0 Å². The Labute approximate surface area is 146 Å². The Bertz CT molecular complexity index is 752. The summed E-state index contributed by atoms with van der Waals surface area (Å²) < 4.78 is 0. The van der Waals surface area contributed by atoms with E-state index in [0.29, 0.717) is 23.6 Å². The monoisotopic (exact) mass is 338 g/mol. The van der Waals surface area contributed by atoms with Gasteiger partial charge in [0, 0.05) is 30.1 Å². The highest BCUT2D eigenvalue weighted by Gasteiger charge is 2.14. The highest BCUT2D eigenvalue weighted by Crippen LogP contribution is 2.20. The molecule has 2 heterocycles. The van der Waals surface area contributed by atoms with Crippen LogP contribution in [0, 0.1) is 5.92 Å². The fourth-order valence-electron chi connectivity index (χ4n) is 2.97. The summed E-state index contributed by atoms with van der Waals surface area (Å²) in [4.78, 5) is 27.6. The fraction of sp³-hybridized carbons (Fsp3) is 0.316. The van der Waals surface area contributed by atoms with Gasteiger partial charge < -0.3 is 16.4 Å². The molecule has 0 radical (unpaired) electrons. The van der Waals surface area contributed by atoms with E-state index in [0.717, 1.165) is 37.1 Å². The van der Waals surface area contributed by atoms with E-state index >= 15 is 0 Å². The Morgan fingerprint density at radius 3 is 2.48 bits per heavy atom. The molecule has 2 amide bonds. The minimum atomic E-state index is -0.511. The summed E-state index contributed by atoms with van der Waals surface area (Å²) in [5.74, 6) is -0.0237. The van der Waals surface area contributed by atoms with Crippen LogP contribution in [-0.2, 0) is 0 Å². The number of rotatable bonds is 5. The number of aromatic nitrogens is 1. The predicted molar refractivity (Wildman–Crippen MR) is 96.1 cm³/mol. The van der Waals surface area contributed by atoms with Crippen LogP contribution in [0.5, 0.6) is 0 Å². The molecule has 6 heteroatoms. The van der Waals surface area contributed by atoms with Crippen LogP contribution in [0.25, 0.3) is 11.1 Å². The van der Waals surface area contributed by atoms with Gasteiger partial charge in [-0.05, 0) is 55.6 Å². The number of carbonyl (C=O) groups excluding carboxylic acids is 2. The molecule has 3 rings (SSSR count). The van der Waals surface area contributed by atoms with E-state index in [1.165, 1.54) is 6.20 Å². The number of nitrogens with zero attached hydrogens (tertiary/aromatic N) is 1. The zero-order valence-electron chi connectivity index (χ0n) is 14.0. The Morgan fingerprint density at radius 1 is 1.08 bits per heavy atom. The standard InChI is InChI=1S/C19H22N4O2/c20-18(24)17-9-16(11-22-12-17)14-1-3-15(4-2-14)19(25)23-10-13-5-7-21-8-6-13/h1-4,9,11-13,21H,5-8,10H2,(H2,20,24)(H,23,25). The van der Waals surface area contributed by atoms with Crippen molar-refractivity contribution < 1.29 is 9.59 Å². The molecule has 2 aromatic rings. The van der Waals surface area contributed by atoms with Crippen molar-refractivity contribution in [2.24, 2.45) is 11.7 Å². The van der Waals surface area contributed by atoms with Gasteiger partial charge in [-0.1, -0.05) is 12.1 Å². The van der Waals surface area contributed by atoms with Crippen molar-refractivity contribution in [3.63, 3.8) is 0 Å². The SMILES string of the molecule is NC(=O)c1cncc(-c2ccc(C(=O)NCC3CCNCC3)cc2)c1. The first-order valence-electron chi connectivity index (χ1n) is 8.47. The predicted octanol–water partition coefficient (Wildman–Crippen LogP) is 1.58. The molecule has 1 aliphatic heterocycles. The molecule has 25 heavy (non-hydrogen) atoms. The molecule has 0 atom stereocenters. The van der Waals surface area contributed by atoms with Crippen LogP contribution in [0.3, 0.4) is 0 Å². The molecule has 6 nitrogen and oxygen atoms in total. The molecule has 1 aliphatic rings. The topological polar surface area (TPSA) is 97.1 Å². The van der Waals surface area contributed by atoms with Crippen molar-refractivity contribution in [1.29, 1.82) is 0 Å². The average Bonchev–Trinajstić information content (AvgIpc) is 2.67. The lowest BCUT2D eigenvalue weighted by Crippen LogP contribution is -2.35. The van der Waals surface area contributed by atoms with E-state index in [2.05, 4.69) is 15.6 Å². The molecule has 0 saturated carbocycles. The first-order valence-corrected chi connectivity index (χ1v) is 8.47. The quantitative estimate of drug-likeness (QED) is 0.771. The number of piperidine rings is 1. The summed E-state index contributed by atoms with van der Waals surface area (Å²) >= 11 is 0. The van der Waals surface area contributed by atoms with Crippen molar-refractivity contribution in [2.45, 2.75) is 12.8 Å². The molecular weight excluding hydrogens is 316 g/mol. The van der Waals surface area contributed by atoms with Crippen molar-refractivity contribution in [3.05, 3.63) is 53.9 Å². The second-order valence-electron chi connectivity index (χ2n) is 6.31. The number of carbonyl (C=O) groups is 2. The van der Waals surface area contributed by atoms with Crippen molar-refractivity contribution in [1.82, 2.24) is 15.6 Å². The average molecular weight is 338 g/mol. The third-order valence-electron chi connectivity index (χ3n) is 4.51.